The lowest BCUT2D eigenvalue weighted by Crippen LogP contribution is -2.49. The first-order valence-corrected chi connectivity index (χ1v) is 11.4. The topological polar surface area (TPSA) is 76.3 Å². The van der Waals surface area contributed by atoms with Gasteiger partial charge in [0.25, 0.3) is 0 Å². The highest BCUT2D eigenvalue weighted by atomic mass is 35.5. The van der Waals surface area contributed by atoms with Crippen molar-refractivity contribution in [3.8, 4) is 0 Å². The summed E-state index contributed by atoms with van der Waals surface area (Å²) in [6, 6.07) is -0.140. The van der Waals surface area contributed by atoms with Crippen LogP contribution in [0.1, 0.15) is 43.4 Å². The quantitative estimate of drug-likeness (QED) is 0.585. The van der Waals surface area contributed by atoms with Gasteiger partial charge in [0.2, 0.25) is 5.91 Å². The molecule has 34 heavy (non-hydrogen) atoms. The van der Waals surface area contributed by atoms with Crippen LogP contribution in [0, 0.1) is 5.92 Å². The highest BCUT2D eigenvalue weighted by Crippen LogP contribution is 2.35. The lowest BCUT2D eigenvalue weighted by molar-refractivity contribution is -0.137. The van der Waals surface area contributed by atoms with Crippen LogP contribution in [-0.4, -0.2) is 67.4 Å². The summed E-state index contributed by atoms with van der Waals surface area (Å²) in [5.74, 6) is 0.229. The molecule has 1 unspecified atom stereocenters. The Balaban J connectivity index is 1.70. The number of likely N-dealkylation sites (tertiary alicyclic amines) is 1. The molecule has 2 aliphatic rings. The van der Waals surface area contributed by atoms with Crippen molar-refractivity contribution in [1.29, 1.82) is 0 Å². The average Bonchev–Trinajstić information content (AvgIpc) is 3.30. The van der Waals surface area contributed by atoms with E-state index < -0.39 is 34.7 Å². The zero-order valence-corrected chi connectivity index (χ0v) is 19.5. The van der Waals surface area contributed by atoms with Crippen molar-refractivity contribution in [1.82, 2.24) is 29.1 Å². The van der Waals surface area contributed by atoms with Gasteiger partial charge in [0.1, 0.15) is 18.0 Å². The predicted molar refractivity (Wildman–Crippen MR) is 115 cm³/mol. The Bertz CT molecular complexity index is 1130. The van der Waals surface area contributed by atoms with Gasteiger partial charge in [-0.25, -0.2) is 13.9 Å². The lowest BCUT2D eigenvalue weighted by Gasteiger charge is -2.34. The molecule has 2 aliphatic heterocycles. The minimum Gasteiger partial charge on any atom is -0.338 e. The highest BCUT2D eigenvalue weighted by Gasteiger charge is 2.39. The molecular formula is C21H25ClF4N6O2. The van der Waals surface area contributed by atoms with Crippen molar-refractivity contribution in [2.75, 3.05) is 26.2 Å². The van der Waals surface area contributed by atoms with Gasteiger partial charge in [-0.1, -0.05) is 25.4 Å². The molecule has 1 amide bonds. The maximum Gasteiger partial charge on any atom is 0.417 e. The number of hydrogen-bond acceptors (Lipinski definition) is 5. The van der Waals surface area contributed by atoms with Crippen molar-refractivity contribution in [2.45, 2.75) is 51.7 Å². The van der Waals surface area contributed by atoms with E-state index in [1.54, 1.807) is 0 Å². The first-order chi connectivity index (χ1) is 16.0. The predicted octanol–water partition coefficient (Wildman–Crippen LogP) is 2.74. The molecule has 13 heteroatoms. The van der Waals surface area contributed by atoms with Gasteiger partial charge in [-0.15, -0.1) is 0 Å². The Kier molecular flexibility index (Phi) is 6.74. The SMILES string of the molecule is CC(C)CN1Cc2nn(Cc3nccc(C(F)(F)F)c3Cl)c(=O)n2C(C(=O)N2CC[C@H](F)C2)C1. The van der Waals surface area contributed by atoms with E-state index in [1.807, 2.05) is 18.7 Å². The number of amides is 1. The molecule has 2 atom stereocenters. The number of carbonyl (C=O) groups excluding carboxylic acids is 1. The van der Waals surface area contributed by atoms with Crippen molar-refractivity contribution in [3.63, 3.8) is 0 Å². The number of nitrogens with zero attached hydrogens (tertiary/aromatic N) is 6. The Morgan fingerprint density at radius 3 is 2.65 bits per heavy atom. The molecule has 0 spiro atoms. The molecular weight excluding hydrogens is 480 g/mol. The molecule has 186 valence electrons. The summed E-state index contributed by atoms with van der Waals surface area (Å²) in [4.78, 5) is 33.8. The number of hydrogen-bond donors (Lipinski definition) is 0. The molecule has 0 radical (unpaired) electrons. The Hall–Kier alpha value is -2.47. The van der Waals surface area contributed by atoms with Crippen molar-refractivity contribution >= 4 is 17.5 Å². The number of rotatable bonds is 5. The second kappa shape index (κ2) is 9.29. The van der Waals surface area contributed by atoms with Crippen LogP contribution in [0.25, 0.3) is 0 Å². The minimum absolute atomic E-state index is 0.0263. The number of pyridine rings is 1. The Labute approximate surface area is 198 Å². The van der Waals surface area contributed by atoms with Crippen LogP contribution in [0.5, 0.6) is 0 Å². The molecule has 0 aromatic carbocycles. The van der Waals surface area contributed by atoms with Crippen molar-refractivity contribution < 1.29 is 22.4 Å². The zero-order valence-electron chi connectivity index (χ0n) is 18.7. The molecule has 0 N–H and O–H groups in total. The summed E-state index contributed by atoms with van der Waals surface area (Å²) in [6.45, 7) is 5.09. The summed E-state index contributed by atoms with van der Waals surface area (Å²) in [5.41, 5.74) is -1.86. The van der Waals surface area contributed by atoms with Crippen LogP contribution < -0.4 is 5.69 Å². The fourth-order valence-corrected chi connectivity index (χ4v) is 4.79. The van der Waals surface area contributed by atoms with Crippen molar-refractivity contribution in [3.05, 3.63) is 44.9 Å². The Morgan fingerprint density at radius 1 is 1.29 bits per heavy atom. The molecule has 0 saturated carbocycles. The summed E-state index contributed by atoms with van der Waals surface area (Å²) in [6.07, 6.45) is -4.56. The fraction of sp³-hybridized carbons (Fsp3) is 0.619. The minimum atomic E-state index is -4.67. The number of carbonyl (C=O) groups is 1. The van der Waals surface area contributed by atoms with Crippen LogP contribution in [0.15, 0.2) is 17.1 Å². The summed E-state index contributed by atoms with van der Waals surface area (Å²) in [5, 5.41) is 3.71. The van der Waals surface area contributed by atoms with E-state index in [9.17, 15) is 27.2 Å². The van der Waals surface area contributed by atoms with E-state index in [0.29, 0.717) is 18.9 Å². The van der Waals surface area contributed by atoms with Gasteiger partial charge >= 0.3 is 11.9 Å². The zero-order chi connectivity index (χ0) is 24.8. The number of fused-ring (bicyclic) bond motifs is 1. The van der Waals surface area contributed by atoms with Gasteiger partial charge < -0.3 is 4.90 Å². The molecule has 8 nitrogen and oxygen atoms in total. The first kappa shape index (κ1) is 24.6. The third kappa shape index (κ3) is 4.83. The van der Waals surface area contributed by atoms with Gasteiger partial charge in [0.05, 0.1) is 35.9 Å². The smallest absolute Gasteiger partial charge is 0.338 e. The maximum atomic E-state index is 13.7. The van der Waals surface area contributed by atoms with Crippen LogP contribution >= 0.6 is 11.6 Å². The van der Waals surface area contributed by atoms with E-state index in [-0.39, 0.29) is 50.1 Å². The van der Waals surface area contributed by atoms with Crippen LogP contribution in [0.2, 0.25) is 5.02 Å². The second-order valence-corrected chi connectivity index (χ2v) is 9.50. The van der Waals surface area contributed by atoms with Gasteiger partial charge in [-0.05, 0) is 18.4 Å². The van der Waals surface area contributed by atoms with Gasteiger partial charge in [-0.3, -0.25) is 19.2 Å². The van der Waals surface area contributed by atoms with Crippen LogP contribution in [-0.2, 0) is 24.1 Å². The molecule has 2 aromatic heterocycles. The van der Waals surface area contributed by atoms with Gasteiger partial charge in [0, 0.05) is 25.8 Å². The standard InChI is InChI=1S/C21H25ClF4N6O2/c1-12(2)7-29-10-16(19(33)30-6-4-13(23)8-30)32-17(11-29)28-31(20(32)34)9-15-18(22)14(3-5-27-15)21(24,25)26/h3,5,12-13,16H,4,6-11H2,1-2H3/t13-,16?/m0/s1. The van der Waals surface area contributed by atoms with Gasteiger partial charge in [-0.2, -0.15) is 18.3 Å². The Morgan fingerprint density at radius 2 is 2.03 bits per heavy atom. The largest absolute Gasteiger partial charge is 0.417 e. The maximum absolute atomic E-state index is 13.7. The first-order valence-electron chi connectivity index (χ1n) is 11.0. The number of halogens is 5. The second-order valence-electron chi connectivity index (χ2n) is 9.12. The third-order valence-electron chi connectivity index (χ3n) is 5.97. The monoisotopic (exact) mass is 504 g/mol. The normalized spacial score (nSPS) is 21.4. The lowest BCUT2D eigenvalue weighted by atomic mass is 10.1. The van der Waals surface area contributed by atoms with E-state index in [2.05, 4.69) is 10.1 Å². The summed E-state index contributed by atoms with van der Waals surface area (Å²) in [7, 11) is 0. The molecule has 2 aromatic rings. The van der Waals surface area contributed by atoms with E-state index >= 15 is 0 Å². The van der Waals surface area contributed by atoms with Gasteiger partial charge in [0.15, 0.2) is 0 Å². The molecule has 4 rings (SSSR count). The molecule has 0 bridgehead atoms. The van der Waals surface area contributed by atoms with Crippen LogP contribution in [0.4, 0.5) is 17.6 Å². The summed E-state index contributed by atoms with van der Waals surface area (Å²) >= 11 is 5.94. The molecule has 4 heterocycles. The van der Waals surface area contributed by atoms with Crippen LogP contribution in [0.3, 0.4) is 0 Å². The number of alkyl halides is 4. The molecule has 0 aliphatic carbocycles. The van der Waals surface area contributed by atoms with E-state index in [0.717, 1.165) is 16.9 Å². The third-order valence-corrected chi connectivity index (χ3v) is 6.39. The van der Waals surface area contributed by atoms with E-state index in [4.69, 9.17) is 11.6 Å². The summed E-state index contributed by atoms with van der Waals surface area (Å²) < 4.78 is 55.6. The fourth-order valence-electron chi connectivity index (χ4n) is 4.51. The van der Waals surface area contributed by atoms with E-state index in [1.165, 1.54) is 9.47 Å². The molecule has 1 saturated heterocycles. The average molecular weight is 505 g/mol. The molecule has 1 fully saturated rings. The van der Waals surface area contributed by atoms with Crippen molar-refractivity contribution in [2.24, 2.45) is 5.92 Å². The highest BCUT2D eigenvalue weighted by molar-refractivity contribution is 6.32. The number of aromatic nitrogens is 4.